The van der Waals surface area contributed by atoms with E-state index in [9.17, 15) is 15.3 Å². The number of nitrogens with one attached hydrogen (secondary N) is 1. The molecular weight excluding hydrogens is 442 g/mol. The number of benzene rings is 1. The molecular formula is C23H29N5O6. The third-order valence-electron chi connectivity index (χ3n) is 6.52. The van der Waals surface area contributed by atoms with Crippen LogP contribution in [0.3, 0.4) is 0 Å². The Morgan fingerprint density at radius 3 is 2.85 bits per heavy atom. The molecule has 0 amide bonds. The molecule has 3 aromatic rings. The van der Waals surface area contributed by atoms with Crippen LogP contribution in [0.5, 0.6) is 5.75 Å². The molecule has 5 rings (SSSR count). The number of methoxy groups -OCH3 is 1. The first kappa shape index (κ1) is 22.9. The molecule has 1 saturated heterocycles. The first-order valence-corrected chi connectivity index (χ1v) is 11.4. The summed E-state index contributed by atoms with van der Waals surface area (Å²) < 4.78 is 18.7. The van der Waals surface area contributed by atoms with E-state index < -0.39 is 31.1 Å². The number of imidazole rings is 1. The summed E-state index contributed by atoms with van der Waals surface area (Å²) >= 11 is 0. The Morgan fingerprint density at radius 2 is 2.06 bits per heavy atom. The van der Waals surface area contributed by atoms with E-state index in [4.69, 9.17) is 14.2 Å². The molecule has 3 heterocycles. The normalized spacial score (nSPS) is 29.1. The monoisotopic (exact) mass is 471 g/mol. The van der Waals surface area contributed by atoms with Crippen molar-refractivity contribution >= 4 is 17.0 Å². The van der Waals surface area contributed by atoms with Crippen molar-refractivity contribution in [3.63, 3.8) is 0 Å². The summed E-state index contributed by atoms with van der Waals surface area (Å²) in [5, 5.41) is 33.3. The Kier molecular flexibility index (Phi) is 6.61. The average Bonchev–Trinajstić information content (AvgIpc) is 3.56. The molecule has 4 N–H and O–H groups in total. The van der Waals surface area contributed by atoms with Crippen LogP contribution in [0.25, 0.3) is 11.2 Å². The third-order valence-corrected chi connectivity index (χ3v) is 6.52. The first-order chi connectivity index (χ1) is 16.6. The second kappa shape index (κ2) is 9.80. The van der Waals surface area contributed by atoms with Crippen molar-refractivity contribution in [1.29, 1.82) is 0 Å². The molecule has 1 aromatic carbocycles. The van der Waals surface area contributed by atoms with Crippen LogP contribution < -0.4 is 10.1 Å². The number of fused-ring (bicyclic) bond motifs is 1. The zero-order chi connectivity index (χ0) is 23.7. The van der Waals surface area contributed by atoms with Gasteiger partial charge in [-0.15, -0.1) is 0 Å². The largest absolute Gasteiger partial charge is 0.497 e. The lowest BCUT2D eigenvalue weighted by molar-refractivity contribution is -0.0511. The minimum absolute atomic E-state index is 0.0127. The SMILES string of the molecule is COc1cccc(COC2CCC[C@@H]2Nc2ncnc3c2ncn3C2OC(CO)[C@@H](O)[C@H]2O)c1. The number of hydrogen-bond donors (Lipinski definition) is 4. The highest BCUT2D eigenvalue weighted by atomic mass is 16.6. The van der Waals surface area contributed by atoms with E-state index in [0.717, 1.165) is 30.6 Å². The molecule has 1 aliphatic carbocycles. The van der Waals surface area contributed by atoms with E-state index in [1.165, 1.54) is 12.7 Å². The van der Waals surface area contributed by atoms with Crippen molar-refractivity contribution in [2.24, 2.45) is 0 Å². The van der Waals surface area contributed by atoms with Crippen molar-refractivity contribution < 1.29 is 29.5 Å². The van der Waals surface area contributed by atoms with Crippen LogP contribution in [0.1, 0.15) is 31.1 Å². The third kappa shape index (κ3) is 4.32. The lowest BCUT2D eigenvalue weighted by Gasteiger charge is -2.22. The molecule has 1 aliphatic heterocycles. The smallest absolute Gasteiger partial charge is 0.167 e. The molecule has 1 saturated carbocycles. The standard InChI is InChI=1S/C23H29N5O6/c1-32-14-5-2-4-13(8-14)10-33-16-7-3-6-15(16)27-21-18-22(25-11-24-21)28(12-26-18)23-20(31)19(30)17(9-29)34-23/h2,4-5,8,11-12,15-17,19-20,23,29-31H,3,6-7,9-10H2,1H3,(H,24,25,27)/t15-,16?,17?,19+,20+,23?/m0/s1. The van der Waals surface area contributed by atoms with E-state index in [1.54, 1.807) is 11.7 Å². The maximum absolute atomic E-state index is 10.4. The van der Waals surface area contributed by atoms with Gasteiger partial charge in [0, 0.05) is 0 Å². The lowest BCUT2D eigenvalue weighted by Crippen LogP contribution is -2.33. The maximum atomic E-state index is 10.4. The zero-order valence-corrected chi connectivity index (χ0v) is 18.8. The fourth-order valence-corrected chi connectivity index (χ4v) is 4.69. The summed E-state index contributed by atoms with van der Waals surface area (Å²) in [5.41, 5.74) is 2.03. The van der Waals surface area contributed by atoms with Crippen LogP contribution in [-0.2, 0) is 16.1 Å². The van der Waals surface area contributed by atoms with Crippen molar-refractivity contribution in [3.05, 3.63) is 42.5 Å². The van der Waals surface area contributed by atoms with E-state index in [2.05, 4.69) is 20.3 Å². The zero-order valence-electron chi connectivity index (χ0n) is 18.8. The van der Waals surface area contributed by atoms with E-state index >= 15 is 0 Å². The molecule has 11 heteroatoms. The van der Waals surface area contributed by atoms with Gasteiger partial charge in [-0.3, -0.25) is 4.57 Å². The predicted octanol–water partition coefficient (Wildman–Crippen LogP) is 0.996. The number of anilines is 1. The number of ether oxygens (including phenoxy) is 3. The number of rotatable bonds is 8. The van der Waals surface area contributed by atoms with Gasteiger partial charge in [0.05, 0.1) is 38.8 Å². The molecule has 0 bridgehead atoms. The van der Waals surface area contributed by atoms with E-state index in [-0.39, 0.29) is 12.1 Å². The average molecular weight is 472 g/mol. The van der Waals surface area contributed by atoms with Crippen LogP contribution in [0, 0.1) is 0 Å². The molecule has 0 spiro atoms. The van der Waals surface area contributed by atoms with Gasteiger partial charge in [-0.05, 0) is 37.0 Å². The lowest BCUT2D eigenvalue weighted by atomic mass is 10.1. The number of nitrogens with zero attached hydrogens (tertiary/aromatic N) is 4. The summed E-state index contributed by atoms with van der Waals surface area (Å²) in [7, 11) is 1.65. The predicted molar refractivity (Wildman–Crippen MR) is 121 cm³/mol. The minimum Gasteiger partial charge on any atom is -0.497 e. The first-order valence-electron chi connectivity index (χ1n) is 11.4. The van der Waals surface area contributed by atoms with Crippen molar-refractivity contribution in [2.75, 3.05) is 19.0 Å². The summed E-state index contributed by atoms with van der Waals surface area (Å²) in [6, 6.07) is 7.89. The van der Waals surface area contributed by atoms with Crippen LogP contribution in [-0.4, -0.2) is 79.0 Å². The highest BCUT2D eigenvalue weighted by Gasteiger charge is 2.44. The molecule has 2 aromatic heterocycles. The summed E-state index contributed by atoms with van der Waals surface area (Å²) in [5.74, 6) is 1.37. The van der Waals surface area contributed by atoms with Crippen LogP contribution in [0.2, 0.25) is 0 Å². The van der Waals surface area contributed by atoms with E-state index in [1.807, 2.05) is 24.3 Å². The molecule has 0 radical (unpaired) electrons. The van der Waals surface area contributed by atoms with Gasteiger partial charge < -0.3 is 34.8 Å². The van der Waals surface area contributed by atoms with Gasteiger partial charge in [0.25, 0.3) is 0 Å². The highest BCUT2D eigenvalue weighted by molar-refractivity contribution is 5.82. The van der Waals surface area contributed by atoms with Crippen molar-refractivity contribution in [2.45, 2.75) is 62.6 Å². The molecule has 6 atom stereocenters. The number of hydrogen-bond acceptors (Lipinski definition) is 10. The van der Waals surface area contributed by atoms with Crippen molar-refractivity contribution in [1.82, 2.24) is 19.5 Å². The molecule has 2 fully saturated rings. The van der Waals surface area contributed by atoms with Gasteiger partial charge in [-0.1, -0.05) is 12.1 Å². The number of aliphatic hydroxyl groups is 3. The fourth-order valence-electron chi connectivity index (χ4n) is 4.69. The van der Waals surface area contributed by atoms with Gasteiger partial charge in [0.15, 0.2) is 23.2 Å². The summed E-state index contributed by atoms with van der Waals surface area (Å²) in [4.78, 5) is 13.1. The van der Waals surface area contributed by atoms with Gasteiger partial charge in [-0.25, -0.2) is 15.0 Å². The number of aliphatic hydroxyl groups excluding tert-OH is 3. The second-order valence-electron chi connectivity index (χ2n) is 8.66. The highest BCUT2D eigenvalue weighted by Crippen LogP contribution is 2.33. The van der Waals surface area contributed by atoms with Crippen LogP contribution in [0.4, 0.5) is 5.82 Å². The molecule has 11 nitrogen and oxygen atoms in total. The molecule has 182 valence electrons. The van der Waals surface area contributed by atoms with Crippen LogP contribution in [0.15, 0.2) is 36.9 Å². The fraction of sp³-hybridized carbons (Fsp3) is 0.522. The van der Waals surface area contributed by atoms with Gasteiger partial charge in [0.2, 0.25) is 0 Å². The Bertz CT molecular complexity index is 1130. The number of aromatic nitrogens is 4. The summed E-state index contributed by atoms with van der Waals surface area (Å²) in [6.45, 7) is 0.0844. The van der Waals surface area contributed by atoms with Gasteiger partial charge in [0.1, 0.15) is 30.4 Å². The van der Waals surface area contributed by atoms with Gasteiger partial charge >= 0.3 is 0 Å². The topological polar surface area (TPSA) is 144 Å². The van der Waals surface area contributed by atoms with E-state index in [0.29, 0.717) is 23.6 Å². The maximum Gasteiger partial charge on any atom is 0.167 e. The molecule has 34 heavy (non-hydrogen) atoms. The molecule has 2 aliphatic rings. The quantitative estimate of drug-likeness (QED) is 0.375. The van der Waals surface area contributed by atoms with Crippen LogP contribution >= 0.6 is 0 Å². The Hall–Kier alpha value is -2.83. The second-order valence-corrected chi connectivity index (χ2v) is 8.66. The van der Waals surface area contributed by atoms with Gasteiger partial charge in [-0.2, -0.15) is 0 Å². The Balaban J connectivity index is 1.31. The molecule has 3 unspecified atom stereocenters. The van der Waals surface area contributed by atoms with Crippen molar-refractivity contribution in [3.8, 4) is 5.75 Å². The minimum atomic E-state index is -1.22. The summed E-state index contributed by atoms with van der Waals surface area (Å²) in [6.07, 6.45) is 1.63. The Labute approximate surface area is 196 Å². The Morgan fingerprint density at radius 1 is 1.18 bits per heavy atom.